The van der Waals surface area contributed by atoms with Gasteiger partial charge in [-0.15, -0.1) is 0 Å². The summed E-state index contributed by atoms with van der Waals surface area (Å²) in [4.78, 5) is 34.9. The van der Waals surface area contributed by atoms with Crippen molar-refractivity contribution in [3.05, 3.63) is 59.9 Å². The second-order valence-corrected chi connectivity index (χ2v) is 5.09. The van der Waals surface area contributed by atoms with Crippen LogP contribution in [-0.2, 0) is 14.3 Å². The molecule has 0 saturated carbocycles. The number of para-hydroxylation sites is 1. The van der Waals surface area contributed by atoms with Crippen LogP contribution < -0.4 is 15.4 Å². The maximum atomic E-state index is 13.3. The number of hydrogen-bond acceptors (Lipinski definition) is 5. The number of esters is 1. The van der Waals surface area contributed by atoms with Crippen molar-refractivity contribution in [1.82, 2.24) is 5.32 Å². The van der Waals surface area contributed by atoms with Crippen molar-refractivity contribution in [3.8, 4) is 5.75 Å². The van der Waals surface area contributed by atoms with Crippen LogP contribution in [-0.4, -0.2) is 38.0 Å². The molecule has 7 nitrogen and oxygen atoms in total. The van der Waals surface area contributed by atoms with Crippen LogP contribution in [0.2, 0.25) is 0 Å². The Balaban J connectivity index is 1.78. The molecule has 2 aromatic rings. The number of nitrogens with one attached hydrogen (secondary N) is 2. The van der Waals surface area contributed by atoms with Gasteiger partial charge in [0.05, 0.1) is 0 Å². The number of halogens is 1. The van der Waals surface area contributed by atoms with Gasteiger partial charge in [-0.25, -0.2) is 9.18 Å². The van der Waals surface area contributed by atoms with Gasteiger partial charge < -0.3 is 20.1 Å². The van der Waals surface area contributed by atoms with Crippen molar-refractivity contribution in [2.24, 2.45) is 0 Å². The quantitative estimate of drug-likeness (QED) is 0.734. The number of hydrogen-bond donors (Lipinski definition) is 2. The maximum absolute atomic E-state index is 13.3. The average molecular weight is 360 g/mol. The molecule has 8 heteroatoms. The van der Waals surface area contributed by atoms with E-state index in [1.807, 2.05) is 0 Å². The summed E-state index contributed by atoms with van der Waals surface area (Å²) in [5, 5.41) is 4.97. The lowest BCUT2D eigenvalue weighted by molar-refractivity contribution is -0.149. The molecule has 0 heterocycles. The monoisotopic (exact) mass is 360 g/mol. The Hall–Kier alpha value is -3.42. The highest BCUT2D eigenvalue weighted by molar-refractivity contribution is 5.97. The summed E-state index contributed by atoms with van der Waals surface area (Å²) in [5.41, 5.74) is 0.760. The average Bonchev–Trinajstić information content (AvgIpc) is 2.65. The van der Waals surface area contributed by atoms with Gasteiger partial charge in [-0.05, 0) is 30.3 Å². The first kappa shape index (κ1) is 18.9. The molecule has 2 amide bonds. The fraction of sp³-hybridized carbons (Fsp3) is 0.167. The van der Waals surface area contributed by atoms with Crippen LogP contribution in [0.3, 0.4) is 0 Å². The Morgan fingerprint density at radius 2 is 1.81 bits per heavy atom. The topological polar surface area (TPSA) is 93.7 Å². The van der Waals surface area contributed by atoms with Crippen LogP contribution in [0.4, 0.5) is 10.1 Å². The molecular formula is C18H17FN2O5. The van der Waals surface area contributed by atoms with E-state index in [1.54, 1.807) is 24.3 Å². The van der Waals surface area contributed by atoms with Gasteiger partial charge in [0, 0.05) is 18.3 Å². The summed E-state index contributed by atoms with van der Waals surface area (Å²) in [6.07, 6.45) is 0. The predicted octanol–water partition coefficient (Wildman–Crippen LogP) is 1.75. The smallest absolute Gasteiger partial charge is 0.344 e. The number of ether oxygens (including phenoxy) is 2. The van der Waals surface area contributed by atoms with E-state index in [9.17, 15) is 18.8 Å². The van der Waals surface area contributed by atoms with Gasteiger partial charge in [-0.1, -0.05) is 18.2 Å². The lowest BCUT2D eigenvalue weighted by Crippen LogP contribution is -2.24. The predicted molar refractivity (Wildman–Crippen MR) is 91.3 cm³/mol. The van der Waals surface area contributed by atoms with Crippen LogP contribution in [0.15, 0.2) is 48.5 Å². The normalized spacial score (nSPS) is 9.92. The number of rotatable bonds is 7. The van der Waals surface area contributed by atoms with Crippen molar-refractivity contribution in [2.45, 2.75) is 0 Å². The second-order valence-electron chi connectivity index (χ2n) is 5.09. The fourth-order valence-electron chi connectivity index (χ4n) is 1.97. The molecule has 136 valence electrons. The summed E-state index contributed by atoms with van der Waals surface area (Å²) < 4.78 is 23.1. The number of anilines is 1. The molecular weight excluding hydrogens is 343 g/mol. The van der Waals surface area contributed by atoms with Gasteiger partial charge in [0.2, 0.25) is 0 Å². The molecule has 0 fully saturated rings. The first-order chi connectivity index (χ1) is 12.5. The molecule has 0 aliphatic heterocycles. The highest BCUT2D eigenvalue weighted by Crippen LogP contribution is 2.15. The van der Waals surface area contributed by atoms with Crippen molar-refractivity contribution in [3.63, 3.8) is 0 Å². The minimum atomic E-state index is -0.817. The molecule has 0 bridgehead atoms. The largest absolute Gasteiger partial charge is 0.479 e. The summed E-state index contributed by atoms with van der Waals surface area (Å²) >= 11 is 0. The Bertz CT molecular complexity index is 810. The minimum absolute atomic E-state index is 0.0834. The van der Waals surface area contributed by atoms with E-state index in [0.29, 0.717) is 11.3 Å². The Kier molecular flexibility index (Phi) is 6.67. The molecule has 0 unspecified atom stereocenters. The molecule has 2 rings (SSSR count). The summed E-state index contributed by atoms with van der Waals surface area (Å²) in [5.74, 6) is -2.38. The highest BCUT2D eigenvalue weighted by atomic mass is 19.1. The van der Waals surface area contributed by atoms with Crippen molar-refractivity contribution >= 4 is 23.5 Å². The van der Waals surface area contributed by atoms with Crippen LogP contribution in [0.1, 0.15) is 10.4 Å². The number of carbonyl (C=O) groups is 3. The summed E-state index contributed by atoms with van der Waals surface area (Å²) in [6.45, 7) is -1.07. The van der Waals surface area contributed by atoms with Crippen LogP contribution in [0, 0.1) is 5.82 Å². The van der Waals surface area contributed by atoms with Crippen molar-refractivity contribution in [2.75, 3.05) is 25.6 Å². The SMILES string of the molecule is CNC(=O)c1cccc(NC(=O)COC(=O)COc2ccccc2F)c1. The molecule has 0 radical (unpaired) electrons. The van der Waals surface area contributed by atoms with Gasteiger partial charge >= 0.3 is 5.97 Å². The highest BCUT2D eigenvalue weighted by Gasteiger charge is 2.11. The first-order valence-corrected chi connectivity index (χ1v) is 7.64. The molecule has 2 N–H and O–H groups in total. The van der Waals surface area contributed by atoms with Gasteiger partial charge in [-0.2, -0.15) is 0 Å². The zero-order chi connectivity index (χ0) is 18.9. The van der Waals surface area contributed by atoms with Crippen LogP contribution in [0.5, 0.6) is 5.75 Å². The van der Waals surface area contributed by atoms with Gasteiger partial charge in [0.25, 0.3) is 11.8 Å². The number of amides is 2. The standard InChI is InChI=1S/C18H17FN2O5/c1-20-18(24)12-5-4-6-13(9-12)21-16(22)10-26-17(23)11-25-15-8-3-2-7-14(15)19/h2-9H,10-11H2,1H3,(H,20,24)(H,21,22). The van der Waals surface area contributed by atoms with E-state index in [1.165, 1.54) is 31.3 Å². The lowest BCUT2D eigenvalue weighted by Gasteiger charge is -2.09. The molecule has 2 aromatic carbocycles. The third-order valence-electron chi connectivity index (χ3n) is 3.18. The Morgan fingerprint density at radius 3 is 2.54 bits per heavy atom. The molecule has 0 atom stereocenters. The first-order valence-electron chi connectivity index (χ1n) is 7.64. The molecule has 0 saturated heterocycles. The molecule has 0 aromatic heterocycles. The van der Waals surface area contributed by atoms with E-state index in [-0.39, 0.29) is 11.7 Å². The van der Waals surface area contributed by atoms with Gasteiger partial charge in [-0.3, -0.25) is 9.59 Å². The van der Waals surface area contributed by atoms with E-state index in [4.69, 9.17) is 9.47 Å². The molecule has 0 spiro atoms. The fourth-order valence-corrected chi connectivity index (χ4v) is 1.97. The zero-order valence-electron chi connectivity index (χ0n) is 14.0. The van der Waals surface area contributed by atoms with Gasteiger partial charge in [0.1, 0.15) is 0 Å². The van der Waals surface area contributed by atoms with Crippen LogP contribution in [0.25, 0.3) is 0 Å². The molecule has 0 aliphatic rings. The van der Waals surface area contributed by atoms with Crippen molar-refractivity contribution < 1.29 is 28.2 Å². The van der Waals surface area contributed by atoms with Crippen LogP contribution >= 0.6 is 0 Å². The Labute approximate surface area is 149 Å². The zero-order valence-corrected chi connectivity index (χ0v) is 14.0. The minimum Gasteiger partial charge on any atom is -0.479 e. The summed E-state index contributed by atoms with van der Waals surface area (Å²) in [6, 6.07) is 11.9. The van der Waals surface area contributed by atoms with Gasteiger partial charge in [0.15, 0.2) is 24.8 Å². The number of carbonyl (C=O) groups excluding carboxylic acids is 3. The Morgan fingerprint density at radius 1 is 1.04 bits per heavy atom. The third-order valence-corrected chi connectivity index (χ3v) is 3.18. The van der Waals surface area contributed by atoms with E-state index in [0.717, 1.165) is 0 Å². The lowest BCUT2D eigenvalue weighted by atomic mass is 10.2. The number of benzene rings is 2. The second kappa shape index (κ2) is 9.16. The van der Waals surface area contributed by atoms with E-state index < -0.39 is 30.9 Å². The molecule has 26 heavy (non-hydrogen) atoms. The van der Waals surface area contributed by atoms with E-state index >= 15 is 0 Å². The summed E-state index contributed by atoms with van der Waals surface area (Å²) in [7, 11) is 1.50. The van der Waals surface area contributed by atoms with E-state index in [2.05, 4.69) is 10.6 Å². The molecule has 0 aliphatic carbocycles. The third kappa shape index (κ3) is 5.59. The van der Waals surface area contributed by atoms with Crippen molar-refractivity contribution in [1.29, 1.82) is 0 Å². The maximum Gasteiger partial charge on any atom is 0.344 e.